The minimum Gasteiger partial charge on any atom is -0.438 e. The molecule has 2 saturated heterocycles. The van der Waals surface area contributed by atoms with Crippen molar-refractivity contribution >= 4 is 0 Å². The topological polar surface area (TPSA) is 47.5 Å². The summed E-state index contributed by atoms with van der Waals surface area (Å²) >= 11 is 0. The molecular weight excluding hydrogens is 290 g/mol. The van der Waals surface area contributed by atoms with Gasteiger partial charge in [-0.2, -0.15) is 0 Å². The van der Waals surface area contributed by atoms with Crippen molar-refractivity contribution in [2.24, 2.45) is 5.41 Å². The van der Waals surface area contributed by atoms with Gasteiger partial charge in [-0.1, -0.05) is 12.1 Å². The molecule has 1 unspecified atom stereocenters. The second-order valence-corrected chi connectivity index (χ2v) is 6.55. The largest absolute Gasteiger partial charge is 0.438 e. The molecule has 2 aliphatic heterocycles. The van der Waals surface area contributed by atoms with Gasteiger partial charge in [0.05, 0.1) is 12.8 Å². The van der Waals surface area contributed by atoms with E-state index in [1.807, 2.05) is 12.1 Å². The number of hydrogen-bond donors (Lipinski definition) is 0. The zero-order valence-electron chi connectivity index (χ0n) is 13.1. The van der Waals surface area contributed by atoms with Crippen LogP contribution in [0.3, 0.4) is 0 Å². The fraction of sp³-hybridized carbons (Fsp3) is 0.444. The van der Waals surface area contributed by atoms with Crippen LogP contribution in [0.15, 0.2) is 42.9 Å². The van der Waals surface area contributed by atoms with Crippen LogP contribution < -0.4 is 4.74 Å². The number of hydrogen-bond acceptors (Lipinski definition) is 5. The minimum absolute atomic E-state index is 0.426. The molecule has 120 valence electrons. The van der Waals surface area contributed by atoms with Gasteiger partial charge in [-0.05, 0) is 37.1 Å². The number of aromatic nitrogens is 2. The molecule has 0 bridgehead atoms. The van der Waals surface area contributed by atoms with Crippen LogP contribution in [-0.4, -0.2) is 41.2 Å². The van der Waals surface area contributed by atoms with Crippen LogP contribution in [-0.2, 0) is 11.3 Å². The van der Waals surface area contributed by atoms with Crippen LogP contribution in [0.25, 0.3) is 0 Å². The summed E-state index contributed by atoms with van der Waals surface area (Å²) in [6.45, 7) is 5.19. The average molecular weight is 311 g/mol. The van der Waals surface area contributed by atoms with E-state index in [9.17, 15) is 0 Å². The van der Waals surface area contributed by atoms with Crippen molar-refractivity contribution in [1.82, 2.24) is 14.9 Å². The van der Waals surface area contributed by atoms with Gasteiger partial charge >= 0.3 is 0 Å². The van der Waals surface area contributed by atoms with E-state index in [2.05, 4.69) is 27.0 Å². The lowest BCUT2D eigenvalue weighted by molar-refractivity contribution is 0.151. The summed E-state index contributed by atoms with van der Waals surface area (Å²) in [7, 11) is 0. The molecule has 0 N–H and O–H groups in total. The fourth-order valence-corrected chi connectivity index (χ4v) is 3.51. The fourth-order valence-electron chi connectivity index (χ4n) is 3.51. The molecule has 0 radical (unpaired) electrons. The summed E-state index contributed by atoms with van der Waals surface area (Å²) < 4.78 is 11.3. The van der Waals surface area contributed by atoms with Gasteiger partial charge in [-0.25, -0.2) is 4.98 Å². The van der Waals surface area contributed by atoms with E-state index in [0.29, 0.717) is 11.3 Å². The van der Waals surface area contributed by atoms with Crippen molar-refractivity contribution in [1.29, 1.82) is 0 Å². The first-order chi connectivity index (χ1) is 11.3. The number of likely N-dealkylation sites (tertiary alicyclic amines) is 1. The number of rotatable bonds is 4. The first-order valence-electron chi connectivity index (χ1n) is 8.14. The van der Waals surface area contributed by atoms with E-state index in [4.69, 9.17) is 9.47 Å². The van der Waals surface area contributed by atoms with Crippen LogP contribution in [0.2, 0.25) is 0 Å². The summed E-state index contributed by atoms with van der Waals surface area (Å²) in [4.78, 5) is 10.6. The highest BCUT2D eigenvalue weighted by Gasteiger charge is 2.40. The second kappa shape index (κ2) is 6.26. The highest BCUT2D eigenvalue weighted by Crippen LogP contribution is 2.38. The van der Waals surface area contributed by atoms with E-state index < -0.39 is 0 Å². The Hall–Kier alpha value is -1.98. The highest BCUT2D eigenvalue weighted by molar-refractivity contribution is 5.30. The smallest absolute Gasteiger partial charge is 0.237 e. The van der Waals surface area contributed by atoms with E-state index in [-0.39, 0.29) is 0 Å². The molecule has 1 spiro atoms. The summed E-state index contributed by atoms with van der Waals surface area (Å²) in [6, 6.07) is 8.24. The normalized spacial score (nSPS) is 24.3. The summed E-state index contributed by atoms with van der Waals surface area (Å²) in [5, 5.41) is 0. The average Bonchev–Trinajstić information content (AvgIpc) is 3.21. The standard InChI is InChI=1S/C18H21N3O2/c1-3-16(23-17-11-19-7-8-20-17)4-2-15(1)12-21-9-5-18(13-21)6-10-22-14-18/h1-4,7-8,11H,5-6,9-10,12-14H2. The van der Waals surface area contributed by atoms with Crippen LogP contribution in [0.5, 0.6) is 11.6 Å². The maximum Gasteiger partial charge on any atom is 0.237 e. The Morgan fingerprint density at radius 1 is 1.17 bits per heavy atom. The highest BCUT2D eigenvalue weighted by atomic mass is 16.5. The SMILES string of the molecule is c1cnc(Oc2ccc(CN3CCC4(CCOC4)C3)cc2)cn1. The third-order valence-electron chi connectivity index (χ3n) is 4.79. The Morgan fingerprint density at radius 3 is 2.83 bits per heavy atom. The maximum atomic E-state index is 5.68. The molecule has 0 amide bonds. The monoisotopic (exact) mass is 311 g/mol. The Morgan fingerprint density at radius 2 is 2.09 bits per heavy atom. The van der Waals surface area contributed by atoms with Crippen molar-refractivity contribution in [2.75, 3.05) is 26.3 Å². The summed E-state index contributed by atoms with van der Waals surface area (Å²) in [5.41, 5.74) is 1.74. The second-order valence-electron chi connectivity index (χ2n) is 6.55. The number of benzene rings is 1. The summed E-state index contributed by atoms with van der Waals surface area (Å²) in [5.74, 6) is 1.30. The first kappa shape index (κ1) is 14.6. The van der Waals surface area contributed by atoms with Gasteiger partial charge in [-0.3, -0.25) is 9.88 Å². The molecular formula is C18H21N3O2. The molecule has 1 aromatic carbocycles. The Kier molecular flexibility index (Phi) is 3.97. The van der Waals surface area contributed by atoms with Gasteiger partial charge in [0.15, 0.2) is 0 Å². The molecule has 4 rings (SSSR count). The summed E-state index contributed by atoms with van der Waals surface area (Å²) in [6.07, 6.45) is 7.35. The third kappa shape index (κ3) is 3.35. The molecule has 2 fully saturated rings. The maximum absolute atomic E-state index is 5.68. The number of nitrogens with zero attached hydrogens (tertiary/aromatic N) is 3. The van der Waals surface area contributed by atoms with Gasteiger partial charge < -0.3 is 9.47 Å². The molecule has 0 saturated carbocycles. The van der Waals surface area contributed by atoms with Crippen LogP contribution in [0.1, 0.15) is 18.4 Å². The Labute approximate surface area is 136 Å². The lowest BCUT2D eigenvalue weighted by Crippen LogP contribution is -2.27. The molecule has 5 heteroatoms. The van der Waals surface area contributed by atoms with Crippen LogP contribution >= 0.6 is 0 Å². The van der Waals surface area contributed by atoms with Crippen molar-refractivity contribution in [3.8, 4) is 11.6 Å². The van der Waals surface area contributed by atoms with Gasteiger partial charge in [-0.15, -0.1) is 0 Å². The predicted molar refractivity (Wildman–Crippen MR) is 86.3 cm³/mol. The molecule has 2 aromatic rings. The van der Waals surface area contributed by atoms with Crippen molar-refractivity contribution in [3.05, 3.63) is 48.4 Å². The quantitative estimate of drug-likeness (QED) is 0.869. The molecule has 23 heavy (non-hydrogen) atoms. The van der Waals surface area contributed by atoms with Crippen molar-refractivity contribution < 1.29 is 9.47 Å². The zero-order valence-corrected chi connectivity index (χ0v) is 13.1. The van der Waals surface area contributed by atoms with E-state index in [0.717, 1.165) is 32.1 Å². The van der Waals surface area contributed by atoms with E-state index >= 15 is 0 Å². The lowest BCUT2D eigenvalue weighted by Gasteiger charge is -2.22. The predicted octanol–water partition coefficient (Wildman–Crippen LogP) is 2.88. The van der Waals surface area contributed by atoms with Gasteiger partial charge in [0, 0.05) is 37.5 Å². The van der Waals surface area contributed by atoms with Gasteiger partial charge in [0.25, 0.3) is 0 Å². The zero-order chi connectivity index (χ0) is 15.5. The van der Waals surface area contributed by atoms with Gasteiger partial charge in [0.1, 0.15) is 5.75 Å². The molecule has 1 aromatic heterocycles. The van der Waals surface area contributed by atoms with E-state index in [1.54, 1.807) is 18.6 Å². The molecule has 0 aliphatic carbocycles. The van der Waals surface area contributed by atoms with Crippen molar-refractivity contribution in [3.63, 3.8) is 0 Å². The third-order valence-corrected chi connectivity index (χ3v) is 4.79. The first-order valence-corrected chi connectivity index (χ1v) is 8.14. The van der Waals surface area contributed by atoms with Crippen LogP contribution in [0, 0.1) is 5.41 Å². The van der Waals surface area contributed by atoms with Crippen LogP contribution in [0.4, 0.5) is 0 Å². The minimum atomic E-state index is 0.426. The molecule has 3 heterocycles. The molecule has 5 nitrogen and oxygen atoms in total. The van der Waals surface area contributed by atoms with E-state index in [1.165, 1.54) is 24.9 Å². The number of ether oxygens (including phenoxy) is 2. The Bertz CT molecular complexity index is 639. The molecule has 1 atom stereocenters. The molecule has 2 aliphatic rings. The Balaban J connectivity index is 1.35. The van der Waals surface area contributed by atoms with Crippen molar-refractivity contribution in [2.45, 2.75) is 19.4 Å². The van der Waals surface area contributed by atoms with Gasteiger partial charge in [0.2, 0.25) is 5.88 Å². The lowest BCUT2D eigenvalue weighted by atomic mass is 9.87.